The Morgan fingerprint density at radius 1 is 1.67 bits per heavy atom. The first-order valence-electron chi connectivity index (χ1n) is 4.27. The minimum absolute atomic E-state index is 0.0144. The highest BCUT2D eigenvalue weighted by Crippen LogP contribution is 1.95. The molecule has 1 unspecified atom stereocenters. The molecular formula is C8H18N2O2. The Morgan fingerprint density at radius 2 is 2.25 bits per heavy atom. The van der Waals surface area contributed by atoms with E-state index in [-0.39, 0.29) is 24.5 Å². The van der Waals surface area contributed by atoms with Gasteiger partial charge in [-0.25, -0.2) is 0 Å². The Kier molecular flexibility index (Phi) is 5.66. The van der Waals surface area contributed by atoms with Gasteiger partial charge in [0.2, 0.25) is 5.91 Å². The van der Waals surface area contributed by atoms with Gasteiger partial charge in [-0.15, -0.1) is 0 Å². The average Bonchev–Trinajstić information content (AvgIpc) is 2.12. The summed E-state index contributed by atoms with van der Waals surface area (Å²) in [6.07, 6.45) is 0.736. The molecule has 0 aromatic carbocycles. The summed E-state index contributed by atoms with van der Waals surface area (Å²) in [6, 6.07) is -0.133. The van der Waals surface area contributed by atoms with Gasteiger partial charge in [-0.2, -0.15) is 0 Å². The summed E-state index contributed by atoms with van der Waals surface area (Å²) in [5, 5.41) is 11.5. The van der Waals surface area contributed by atoms with Crippen molar-refractivity contribution in [2.24, 2.45) is 11.7 Å². The third-order valence-corrected chi connectivity index (χ3v) is 1.86. The van der Waals surface area contributed by atoms with Crippen molar-refractivity contribution in [3.05, 3.63) is 0 Å². The molecule has 0 saturated carbocycles. The Bertz CT molecular complexity index is 135. The van der Waals surface area contributed by atoms with Crippen molar-refractivity contribution in [2.75, 3.05) is 13.2 Å². The predicted molar refractivity (Wildman–Crippen MR) is 47.5 cm³/mol. The molecule has 4 heteroatoms. The van der Waals surface area contributed by atoms with Crippen LogP contribution in [-0.2, 0) is 4.79 Å². The predicted octanol–water partition coefficient (Wildman–Crippen LogP) is -0.532. The van der Waals surface area contributed by atoms with Crippen LogP contribution in [0.4, 0.5) is 0 Å². The molecule has 0 spiro atoms. The largest absolute Gasteiger partial charge is 0.394 e. The third-order valence-electron chi connectivity index (χ3n) is 1.86. The second kappa shape index (κ2) is 5.97. The van der Waals surface area contributed by atoms with Crippen molar-refractivity contribution >= 4 is 5.91 Å². The maximum Gasteiger partial charge on any atom is 0.224 e. The lowest BCUT2D eigenvalue weighted by atomic mass is 10.1. The number of hydrogen-bond donors (Lipinski definition) is 3. The van der Waals surface area contributed by atoms with Crippen molar-refractivity contribution in [1.82, 2.24) is 5.32 Å². The molecule has 0 heterocycles. The summed E-state index contributed by atoms with van der Waals surface area (Å²) in [7, 11) is 0. The molecule has 0 bridgehead atoms. The number of nitrogens with one attached hydrogen (secondary N) is 1. The van der Waals surface area contributed by atoms with Crippen molar-refractivity contribution in [3.8, 4) is 0 Å². The van der Waals surface area contributed by atoms with E-state index in [1.54, 1.807) is 6.92 Å². The van der Waals surface area contributed by atoms with Gasteiger partial charge in [0.25, 0.3) is 0 Å². The Hall–Kier alpha value is -0.610. The van der Waals surface area contributed by atoms with Gasteiger partial charge in [-0.05, 0) is 6.42 Å². The summed E-state index contributed by atoms with van der Waals surface area (Å²) in [5.74, 6) is -0.260. The molecule has 4 N–H and O–H groups in total. The molecule has 0 fully saturated rings. The fourth-order valence-corrected chi connectivity index (χ4v) is 0.727. The molecule has 0 rings (SSSR count). The van der Waals surface area contributed by atoms with E-state index in [0.29, 0.717) is 6.54 Å². The Labute approximate surface area is 73.1 Å². The standard InChI is InChI=1S/C8H18N2O2/c1-3-7(5-11)10-8(12)6(2)4-9/h6-7,11H,3-5,9H2,1-2H3,(H,10,12)/t6?,7-/m1/s1. The quantitative estimate of drug-likeness (QED) is 0.524. The van der Waals surface area contributed by atoms with Crippen molar-refractivity contribution in [3.63, 3.8) is 0 Å². The van der Waals surface area contributed by atoms with Crippen molar-refractivity contribution in [1.29, 1.82) is 0 Å². The maximum absolute atomic E-state index is 11.2. The zero-order chi connectivity index (χ0) is 9.56. The topological polar surface area (TPSA) is 75.3 Å². The molecule has 72 valence electrons. The molecule has 0 aliphatic heterocycles. The fraction of sp³-hybridized carbons (Fsp3) is 0.875. The molecular weight excluding hydrogens is 156 g/mol. The molecule has 4 nitrogen and oxygen atoms in total. The summed E-state index contributed by atoms with van der Waals surface area (Å²) < 4.78 is 0. The molecule has 2 atom stereocenters. The number of carbonyl (C=O) groups is 1. The van der Waals surface area contributed by atoms with Crippen LogP contribution in [0.3, 0.4) is 0 Å². The first-order chi connectivity index (χ1) is 5.65. The van der Waals surface area contributed by atoms with E-state index in [4.69, 9.17) is 10.8 Å². The highest BCUT2D eigenvalue weighted by Gasteiger charge is 2.14. The van der Waals surface area contributed by atoms with Gasteiger partial charge in [-0.1, -0.05) is 13.8 Å². The molecule has 12 heavy (non-hydrogen) atoms. The van der Waals surface area contributed by atoms with Crippen molar-refractivity contribution in [2.45, 2.75) is 26.3 Å². The lowest BCUT2D eigenvalue weighted by Crippen LogP contribution is -2.41. The third kappa shape index (κ3) is 3.69. The molecule has 1 amide bonds. The normalized spacial score (nSPS) is 15.3. The Morgan fingerprint density at radius 3 is 2.58 bits per heavy atom. The van der Waals surface area contributed by atoms with Crippen LogP contribution in [0, 0.1) is 5.92 Å². The molecule has 0 aliphatic carbocycles. The highest BCUT2D eigenvalue weighted by molar-refractivity contribution is 5.78. The second-order valence-corrected chi connectivity index (χ2v) is 2.93. The zero-order valence-corrected chi connectivity index (χ0v) is 7.71. The van der Waals surface area contributed by atoms with Crippen LogP contribution in [0.1, 0.15) is 20.3 Å². The van der Waals surface area contributed by atoms with Crippen molar-refractivity contribution < 1.29 is 9.90 Å². The van der Waals surface area contributed by atoms with E-state index in [2.05, 4.69) is 5.32 Å². The number of amides is 1. The first kappa shape index (κ1) is 11.4. The minimum Gasteiger partial charge on any atom is -0.394 e. The van der Waals surface area contributed by atoms with Gasteiger partial charge in [0.1, 0.15) is 0 Å². The van der Waals surface area contributed by atoms with Gasteiger partial charge in [0, 0.05) is 12.5 Å². The number of rotatable bonds is 5. The lowest BCUT2D eigenvalue weighted by Gasteiger charge is -2.16. The monoisotopic (exact) mass is 174 g/mol. The van der Waals surface area contributed by atoms with Crippen LogP contribution in [0.25, 0.3) is 0 Å². The van der Waals surface area contributed by atoms with Crippen LogP contribution in [0.2, 0.25) is 0 Å². The number of carbonyl (C=O) groups excluding carboxylic acids is 1. The zero-order valence-electron chi connectivity index (χ0n) is 7.71. The van der Waals surface area contributed by atoms with Gasteiger partial charge < -0.3 is 16.2 Å². The van der Waals surface area contributed by atoms with Gasteiger partial charge in [0.15, 0.2) is 0 Å². The minimum atomic E-state index is -0.175. The smallest absolute Gasteiger partial charge is 0.224 e. The van der Waals surface area contributed by atoms with Gasteiger partial charge in [0.05, 0.1) is 12.6 Å². The SMILES string of the molecule is CC[C@H](CO)NC(=O)C(C)CN. The van der Waals surface area contributed by atoms with Crippen LogP contribution < -0.4 is 11.1 Å². The summed E-state index contributed by atoms with van der Waals surface area (Å²) in [6.45, 7) is 4.00. The summed E-state index contributed by atoms with van der Waals surface area (Å²) in [5.41, 5.74) is 5.31. The molecule has 0 aliphatic rings. The van der Waals surface area contributed by atoms with Gasteiger partial charge >= 0.3 is 0 Å². The summed E-state index contributed by atoms with van der Waals surface area (Å²) >= 11 is 0. The number of aliphatic hydroxyl groups is 1. The molecule has 0 radical (unpaired) electrons. The summed E-state index contributed by atoms with van der Waals surface area (Å²) in [4.78, 5) is 11.2. The number of hydrogen-bond acceptors (Lipinski definition) is 3. The van der Waals surface area contributed by atoms with E-state index >= 15 is 0 Å². The second-order valence-electron chi connectivity index (χ2n) is 2.93. The highest BCUT2D eigenvalue weighted by atomic mass is 16.3. The molecule has 0 saturated heterocycles. The van der Waals surface area contributed by atoms with E-state index in [1.165, 1.54) is 0 Å². The fourth-order valence-electron chi connectivity index (χ4n) is 0.727. The van der Waals surface area contributed by atoms with E-state index in [0.717, 1.165) is 6.42 Å². The van der Waals surface area contributed by atoms with Crippen LogP contribution in [-0.4, -0.2) is 30.2 Å². The number of nitrogens with two attached hydrogens (primary N) is 1. The maximum atomic E-state index is 11.2. The average molecular weight is 174 g/mol. The molecule has 0 aromatic heterocycles. The first-order valence-corrected chi connectivity index (χ1v) is 4.27. The van der Waals surface area contributed by atoms with E-state index < -0.39 is 0 Å². The Balaban J connectivity index is 3.81. The lowest BCUT2D eigenvalue weighted by molar-refractivity contribution is -0.125. The van der Waals surface area contributed by atoms with E-state index in [9.17, 15) is 4.79 Å². The van der Waals surface area contributed by atoms with Crippen LogP contribution >= 0.6 is 0 Å². The molecule has 0 aromatic rings. The van der Waals surface area contributed by atoms with E-state index in [1.807, 2.05) is 6.92 Å². The number of aliphatic hydroxyl groups excluding tert-OH is 1. The van der Waals surface area contributed by atoms with Crippen LogP contribution in [0.5, 0.6) is 0 Å². The van der Waals surface area contributed by atoms with Crippen LogP contribution in [0.15, 0.2) is 0 Å². The van der Waals surface area contributed by atoms with Gasteiger partial charge in [-0.3, -0.25) is 4.79 Å².